The highest BCUT2D eigenvalue weighted by Gasteiger charge is 2.29. The molecule has 0 unspecified atom stereocenters. The first-order valence-electron chi connectivity index (χ1n) is 5.46. The van der Waals surface area contributed by atoms with Gasteiger partial charge in [0.25, 0.3) is 10.2 Å². The minimum atomic E-state index is -3.57. The van der Waals surface area contributed by atoms with Crippen LogP contribution >= 0.6 is 0 Å². The summed E-state index contributed by atoms with van der Waals surface area (Å²) in [5, 5.41) is 8.58. The minimum Gasteiger partial charge on any atom is -0.481 e. The van der Waals surface area contributed by atoms with Crippen molar-refractivity contribution in [3.63, 3.8) is 0 Å². The highest BCUT2D eigenvalue weighted by Crippen LogP contribution is 2.14. The average molecular weight is 266 g/mol. The molecular formula is C10H22N2O4S. The lowest BCUT2D eigenvalue weighted by Crippen LogP contribution is -2.51. The summed E-state index contributed by atoms with van der Waals surface area (Å²) in [4.78, 5) is 10.5. The number of carbonyl (C=O) groups is 1. The molecule has 102 valence electrons. The smallest absolute Gasteiger partial charge is 0.303 e. The maximum absolute atomic E-state index is 11.9. The Kier molecular flexibility index (Phi) is 5.57. The van der Waals surface area contributed by atoms with Crippen molar-refractivity contribution < 1.29 is 18.3 Å². The first-order chi connectivity index (χ1) is 7.48. The van der Waals surface area contributed by atoms with Crippen molar-refractivity contribution in [3.8, 4) is 0 Å². The average Bonchev–Trinajstić information content (AvgIpc) is 2.12. The molecule has 0 aliphatic heterocycles. The molecule has 0 radical (unpaired) electrons. The van der Waals surface area contributed by atoms with Crippen LogP contribution in [0.5, 0.6) is 0 Å². The van der Waals surface area contributed by atoms with Crippen LogP contribution in [0.25, 0.3) is 0 Å². The van der Waals surface area contributed by atoms with E-state index >= 15 is 0 Å². The van der Waals surface area contributed by atoms with Gasteiger partial charge in [-0.15, -0.1) is 0 Å². The molecule has 0 aromatic carbocycles. The maximum Gasteiger partial charge on any atom is 0.303 e. The molecule has 0 aromatic rings. The number of hydrogen-bond donors (Lipinski definition) is 2. The van der Waals surface area contributed by atoms with Gasteiger partial charge < -0.3 is 5.11 Å². The van der Waals surface area contributed by atoms with Crippen LogP contribution in [-0.4, -0.2) is 42.4 Å². The first-order valence-corrected chi connectivity index (χ1v) is 6.91. The molecule has 17 heavy (non-hydrogen) atoms. The van der Waals surface area contributed by atoms with Crippen LogP contribution in [0.1, 0.15) is 40.5 Å². The Balaban J connectivity index is 4.64. The Morgan fingerprint density at radius 2 is 1.88 bits per heavy atom. The van der Waals surface area contributed by atoms with Gasteiger partial charge in [0.05, 0.1) is 0 Å². The Morgan fingerprint density at radius 3 is 2.24 bits per heavy atom. The molecule has 0 atom stereocenters. The highest BCUT2D eigenvalue weighted by molar-refractivity contribution is 7.87. The molecule has 0 spiro atoms. The van der Waals surface area contributed by atoms with Gasteiger partial charge in [-0.3, -0.25) is 4.79 Å². The fraction of sp³-hybridized carbons (Fsp3) is 0.900. The largest absolute Gasteiger partial charge is 0.481 e. The van der Waals surface area contributed by atoms with Crippen molar-refractivity contribution in [1.82, 2.24) is 9.03 Å². The Hall–Kier alpha value is -0.660. The van der Waals surface area contributed by atoms with E-state index in [1.54, 1.807) is 27.7 Å². The van der Waals surface area contributed by atoms with Crippen LogP contribution in [0.3, 0.4) is 0 Å². The van der Waals surface area contributed by atoms with E-state index in [1.807, 2.05) is 0 Å². The molecule has 7 heteroatoms. The van der Waals surface area contributed by atoms with Gasteiger partial charge in [-0.05, 0) is 34.1 Å². The van der Waals surface area contributed by atoms with Gasteiger partial charge in [-0.25, -0.2) is 0 Å². The first kappa shape index (κ1) is 16.3. The lowest BCUT2D eigenvalue weighted by Gasteiger charge is -2.30. The molecular weight excluding hydrogens is 244 g/mol. The zero-order valence-electron chi connectivity index (χ0n) is 11.0. The maximum atomic E-state index is 11.9. The van der Waals surface area contributed by atoms with Crippen LogP contribution in [0, 0.1) is 0 Å². The summed E-state index contributed by atoms with van der Waals surface area (Å²) in [5.74, 6) is -0.936. The van der Waals surface area contributed by atoms with E-state index in [0.29, 0.717) is 0 Å². The second kappa shape index (κ2) is 5.79. The number of aliphatic carboxylic acids is 1. The van der Waals surface area contributed by atoms with E-state index in [4.69, 9.17) is 5.11 Å². The van der Waals surface area contributed by atoms with Crippen LogP contribution < -0.4 is 4.72 Å². The third kappa shape index (κ3) is 5.99. The molecule has 0 aromatic heterocycles. The number of carboxylic acid groups (broad SMARTS) is 1. The second-order valence-corrected chi connectivity index (χ2v) is 6.72. The SMILES string of the molecule is CC(C)N(C)S(=O)(=O)NC(C)(C)CCC(=O)O. The number of nitrogens with zero attached hydrogens (tertiary/aromatic N) is 1. The van der Waals surface area contributed by atoms with E-state index in [2.05, 4.69) is 4.72 Å². The number of carboxylic acids is 1. The van der Waals surface area contributed by atoms with Crippen molar-refractivity contribution in [3.05, 3.63) is 0 Å². The lowest BCUT2D eigenvalue weighted by atomic mass is 10.0. The van der Waals surface area contributed by atoms with Crippen LogP contribution in [-0.2, 0) is 15.0 Å². The molecule has 0 heterocycles. The van der Waals surface area contributed by atoms with Crippen molar-refractivity contribution in [2.45, 2.75) is 52.1 Å². The third-order valence-electron chi connectivity index (χ3n) is 2.48. The molecule has 0 bridgehead atoms. The second-order valence-electron chi connectivity index (χ2n) is 4.99. The summed E-state index contributed by atoms with van der Waals surface area (Å²) in [7, 11) is -2.09. The zero-order chi connectivity index (χ0) is 13.9. The van der Waals surface area contributed by atoms with E-state index in [-0.39, 0.29) is 18.9 Å². The summed E-state index contributed by atoms with van der Waals surface area (Å²) in [6.07, 6.45) is 0.175. The van der Waals surface area contributed by atoms with E-state index in [0.717, 1.165) is 0 Å². The molecule has 2 N–H and O–H groups in total. The van der Waals surface area contributed by atoms with Crippen LogP contribution in [0.4, 0.5) is 0 Å². The molecule has 6 nitrogen and oxygen atoms in total. The summed E-state index contributed by atoms with van der Waals surface area (Å²) >= 11 is 0. The van der Waals surface area contributed by atoms with E-state index < -0.39 is 21.7 Å². The Morgan fingerprint density at radius 1 is 1.41 bits per heavy atom. The van der Waals surface area contributed by atoms with Crippen LogP contribution in [0.15, 0.2) is 0 Å². The van der Waals surface area contributed by atoms with Crippen LogP contribution in [0.2, 0.25) is 0 Å². The summed E-state index contributed by atoms with van der Waals surface area (Å²) in [5.41, 5.74) is -0.777. The van der Waals surface area contributed by atoms with Gasteiger partial charge in [0, 0.05) is 25.0 Å². The lowest BCUT2D eigenvalue weighted by molar-refractivity contribution is -0.137. The molecule has 0 fully saturated rings. The van der Waals surface area contributed by atoms with Crippen molar-refractivity contribution in [2.75, 3.05) is 7.05 Å². The number of nitrogens with one attached hydrogen (secondary N) is 1. The number of hydrogen-bond acceptors (Lipinski definition) is 3. The summed E-state index contributed by atoms with van der Waals surface area (Å²) in [6, 6.07) is -0.150. The molecule has 0 aliphatic rings. The Labute approximate surface area is 103 Å². The van der Waals surface area contributed by atoms with Gasteiger partial charge in [-0.2, -0.15) is 17.4 Å². The molecule has 0 rings (SSSR count). The minimum absolute atomic E-state index is 0.0685. The monoisotopic (exact) mass is 266 g/mol. The summed E-state index contributed by atoms with van der Waals surface area (Å²) in [6.45, 7) is 6.87. The van der Waals surface area contributed by atoms with Gasteiger partial charge in [0.1, 0.15) is 0 Å². The molecule has 0 saturated heterocycles. The quantitative estimate of drug-likeness (QED) is 0.713. The zero-order valence-corrected chi connectivity index (χ0v) is 11.8. The predicted octanol–water partition coefficient (Wildman–Crippen LogP) is 0.804. The van der Waals surface area contributed by atoms with Crippen molar-refractivity contribution in [2.24, 2.45) is 0 Å². The molecule has 0 saturated carbocycles. The predicted molar refractivity (Wildman–Crippen MR) is 65.9 cm³/mol. The molecule has 0 aliphatic carbocycles. The van der Waals surface area contributed by atoms with E-state index in [9.17, 15) is 13.2 Å². The van der Waals surface area contributed by atoms with Gasteiger partial charge >= 0.3 is 5.97 Å². The standard InChI is InChI=1S/C10H22N2O4S/c1-8(2)12(5)17(15,16)11-10(3,4)7-6-9(13)14/h8,11H,6-7H2,1-5H3,(H,13,14). The highest BCUT2D eigenvalue weighted by atomic mass is 32.2. The van der Waals surface area contributed by atoms with Gasteiger partial charge in [0.15, 0.2) is 0 Å². The fourth-order valence-electron chi connectivity index (χ4n) is 1.17. The normalized spacial score (nSPS) is 13.4. The van der Waals surface area contributed by atoms with Gasteiger partial charge in [0.2, 0.25) is 0 Å². The van der Waals surface area contributed by atoms with Crippen molar-refractivity contribution >= 4 is 16.2 Å². The summed E-state index contributed by atoms with van der Waals surface area (Å²) < 4.78 is 27.5. The topological polar surface area (TPSA) is 86.7 Å². The number of rotatable bonds is 7. The van der Waals surface area contributed by atoms with E-state index in [1.165, 1.54) is 11.4 Å². The fourth-order valence-corrected chi connectivity index (χ4v) is 2.67. The third-order valence-corrected chi connectivity index (χ3v) is 4.47. The van der Waals surface area contributed by atoms with Gasteiger partial charge in [-0.1, -0.05) is 0 Å². The van der Waals surface area contributed by atoms with Crippen molar-refractivity contribution in [1.29, 1.82) is 0 Å². The Bertz CT molecular complexity index is 363. The molecule has 0 amide bonds.